The van der Waals surface area contributed by atoms with Crippen LogP contribution in [-0.4, -0.2) is 36.9 Å². The van der Waals surface area contributed by atoms with E-state index in [0.29, 0.717) is 43.7 Å². The van der Waals surface area contributed by atoms with Gasteiger partial charge in [-0.05, 0) is 61.1 Å². The van der Waals surface area contributed by atoms with Crippen molar-refractivity contribution in [3.63, 3.8) is 0 Å². The molecule has 0 radical (unpaired) electrons. The number of piperidine rings is 1. The summed E-state index contributed by atoms with van der Waals surface area (Å²) in [6.45, 7) is 3.08. The molecule has 0 bridgehead atoms. The van der Waals surface area contributed by atoms with E-state index in [9.17, 15) is 9.59 Å². The van der Waals surface area contributed by atoms with Crippen molar-refractivity contribution in [1.82, 2.24) is 4.90 Å². The fourth-order valence-corrected chi connectivity index (χ4v) is 4.62. The number of nitrogens with two attached hydrogens (primary N) is 1. The largest absolute Gasteiger partial charge is 0.497 e. The highest BCUT2D eigenvalue weighted by Gasteiger charge is 2.41. The predicted octanol–water partition coefficient (Wildman–Crippen LogP) is 4.62. The molecule has 5 heteroatoms. The molecule has 1 heterocycles. The molecular formula is C28H30N2O3. The fourth-order valence-electron chi connectivity index (χ4n) is 4.62. The van der Waals surface area contributed by atoms with Gasteiger partial charge in [0.25, 0.3) is 5.91 Å². The van der Waals surface area contributed by atoms with Crippen molar-refractivity contribution >= 4 is 11.8 Å². The summed E-state index contributed by atoms with van der Waals surface area (Å²) in [5.74, 6) is 0.312. The van der Waals surface area contributed by atoms with Gasteiger partial charge in [-0.25, -0.2) is 0 Å². The van der Waals surface area contributed by atoms with E-state index in [0.717, 1.165) is 11.1 Å². The first-order valence-electron chi connectivity index (χ1n) is 11.3. The van der Waals surface area contributed by atoms with Crippen LogP contribution in [0.1, 0.15) is 34.3 Å². The Bertz CT molecular complexity index is 1150. The summed E-state index contributed by atoms with van der Waals surface area (Å²) in [6.07, 6.45) is 1.69. The molecule has 170 valence electrons. The number of nitrogens with zero attached hydrogens (tertiary/aromatic N) is 1. The molecule has 4 rings (SSSR count). The van der Waals surface area contributed by atoms with Gasteiger partial charge in [0.1, 0.15) is 5.75 Å². The van der Waals surface area contributed by atoms with Gasteiger partial charge >= 0.3 is 0 Å². The molecule has 33 heavy (non-hydrogen) atoms. The zero-order valence-electron chi connectivity index (χ0n) is 19.2. The van der Waals surface area contributed by atoms with Crippen LogP contribution < -0.4 is 10.5 Å². The van der Waals surface area contributed by atoms with Crippen molar-refractivity contribution in [2.24, 2.45) is 11.1 Å². The second kappa shape index (κ2) is 9.49. The lowest BCUT2D eigenvalue weighted by atomic mass is 9.73. The van der Waals surface area contributed by atoms with Crippen molar-refractivity contribution in [3.8, 4) is 16.9 Å². The summed E-state index contributed by atoms with van der Waals surface area (Å²) >= 11 is 0. The molecule has 0 unspecified atom stereocenters. The molecule has 0 atom stereocenters. The second-order valence-electron chi connectivity index (χ2n) is 8.91. The Hall–Kier alpha value is -3.60. The average molecular weight is 443 g/mol. The Kier molecular flexibility index (Phi) is 6.50. The van der Waals surface area contributed by atoms with Gasteiger partial charge in [0, 0.05) is 18.7 Å². The lowest BCUT2D eigenvalue weighted by Crippen LogP contribution is -2.49. The van der Waals surface area contributed by atoms with Crippen molar-refractivity contribution in [1.29, 1.82) is 0 Å². The van der Waals surface area contributed by atoms with Crippen molar-refractivity contribution in [2.45, 2.75) is 26.2 Å². The van der Waals surface area contributed by atoms with Crippen LogP contribution in [0.25, 0.3) is 11.1 Å². The Morgan fingerprint density at radius 1 is 0.939 bits per heavy atom. The maximum atomic E-state index is 13.0. The molecule has 3 aromatic carbocycles. The van der Waals surface area contributed by atoms with Gasteiger partial charge in [0.05, 0.1) is 12.5 Å². The first kappa shape index (κ1) is 22.6. The van der Waals surface area contributed by atoms with Crippen LogP contribution in [0.2, 0.25) is 0 Å². The van der Waals surface area contributed by atoms with E-state index in [1.807, 2.05) is 12.1 Å². The van der Waals surface area contributed by atoms with Gasteiger partial charge in [0.2, 0.25) is 5.91 Å². The van der Waals surface area contributed by atoms with Crippen LogP contribution in [0.15, 0.2) is 72.8 Å². The van der Waals surface area contributed by atoms with E-state index in [1.54, 1.807) is 24.1 Å². The topological polar surface area (TPSA) is 72.6 Å². The molecule has 1 aliphatic rings. The first-order chi connectivity index (χ1) is 15.9. The van der Waals surface area contributed by atoms with Gasteiger partial charge in [-0.3, -0.25) is 9.59 Å². The number of methoxy groups -OCH3 is 1. The molecular weight excluding hydrogens is 412 g/mol. The summed E-state index contributed by atoms with van der Waals surface area (Å²) in [7, 11) is 1.58. The van der Waals surface area contributed by atoms with Crippen LogP contribution in [0.3, 0.4) is 0 Å². The summed E-state index contributed by atoms with van der Waals surface area (Å²) in [6, 6.07) is 23.9. The normalized spacial score (nSPS) is 15.2. The van der Waals surface area contributed by atoms with E-state index >= 15 is 0 Å². The van der Waals surface area contributed by atoms with E-state index in [2.05, 4.69) is 55.5 Å². The van der Waals surface area contributed by atoms with Crippen LogP contribution in [-0.2, 0) is 11.2 Å². The second-order valence-corrected chi connectivity index (χ2v) is 8.91. The van der Waals surface area contributed by atoms with Crippen molar-refractivity contribution < 1.29 is 14.3 Å². The Labute approximate surface area is 195 Å². The standard InChI is InChI=1S/C28H30N2O3/c1-20-5-3-6-23(17-20)22-11-9-21(10-12-22)19-28(27(29)32)13-15-30(16-14-28)26(31)24-7-4-8-25(18-24)33-2/h3-12,17-18H,13-16,19H2,1-2H3,(H2,29,32). The minimum atomic E-state index is -0.643. The number of amides is 2. The molecule has 0 spiro atoms. The molecule has 0 aliphatic carbocycles. The number of hydrogen-bond donors (Lipinski definition) is 1. The monoisotopic (exact) mass is 442 g/mol. The van der Waals surface area contributed by atoms with Gasteiger partial charge in [-0.2, -0.15) is 0 Å². The smallest absolute Gasteiger partial charge is 0.253 e. The van der Waals surface area contributed by atoms with Gasteiger partial charge in [0.15, 0.2) is 0 Å². The number of ether oxygens (including phenoxy) is 1. The van der Waals surface area contributed by atoms with Crippen LogP contribution in [0, 0.1) is 12.3 Å². The molecule has 2 amide bonds. The Balaban J connectivity index is 1.45. The molecule has 0 aromatic heterocycles. The number of carbonyl (C=O) groups excluding carboxylic acids is 2. The van der Waals surface area contributed by atoms with Gasteiger partial charge in [-0.15, -0.1) is 0 Å². The van der Waals surface area contributed by atoms with Crippen LogP contribution in [0.4, 0.5) is 0 Å². The maximum absolute atomic E-state index is 13.0. The molecule has 1 aliphatic heterocycles. The first-order valence-corrected chi connectivity index (χ1v) is 11.3. The Morgan fingerprint density at radius 3 is 2.27 bits per heavy atom. The van der Waals surface area contributed by atoms with E-state index in [-0.39, 0.29) is 11.8 Å². The zero-order chi connectivity index (χ0) is 23.4. The zero-order valence-corrected chi connectivity index (χ0v) is 19.2. The highest BCUT2D eigenvalue weighted by molar-refractivity contribution is 5.95. The third-order valence-electron chi connectivity index (χ3n) is 6.69. The maximum Gasteiger partial charge on any atom is 0.253 e. The van der Waals surface area contributed by atoms with Crippen LogP contribution in [0.5, 0.6) is 5.75 Å². The molecule has 5 nitrogen and oxygen atoms in total. The summed E-state index contributed by atoms with van der Waals surface area (Å²) in [5, 5.41) is 0. The number of primary amides is 1. The summed E-state index contributed by atoms with van der Waals surface area (Å²) < 4.78 is 5.23. The van der Waals surface area contributed by atoms with E-state index < -0.39 is 5.41 Å². The summed E-state index contributed by atoms with van der Waals surface area (Å²) in [4.78, 5) is 27.3. The van der Waals surface area contributed by atoms with E-state index in [1.165, 1.54) is 11.1 Å². The van der Waals surface area contributed by atoms with Gasteiger partial charge in [-0.1, -0.05) is 60.2 Å². The number of likely N-dealkylation sites (tertiary alicyclic amines) is 1. The number of rotatable bonds is 6. The summed E-state index contributed by atoms with van der Waals surface area (Å²) in [5.41, 5.74) is 10.5. The number of aryl methyl sites for hydroxylation is 1. The lowest BCUT2D eigenvalue weighted by Gasteiger charge is -2.40. The number of carbonyl (C=O) groups is 2. The molecule has 1 saturated heterocycles. The molecule has 2 N–H and O–H groups in total. The molecule has 1 fully saturated rings. The SMILES string of the molecule is COc1cccc(C(=O)N2CCC(Cc3ccc(-c4cccc(C)c4)cc3)(C(N)=O)CC2)c1. The Morgan fingerprint density at radius 2 is 1.64 bits per heavy atom. The third-order valence-corrected chi connectivity index (χ3v) is 6.69. The quantitative estimate of drug-likeness (QED) is 0.605. The van der Waals surface area contributed by atoms with Crippen molar-refractivity contribution in [3.05, 3.63) is 89.5 Å². The fraction of sp³-hybridized carbons (Fsp3) is 0.286. The number of benzene rings is 3. The predicted molar refractivity (Wildman–Crippen MR) is 130 cm³/mol. The molecule has 0 saturated carbocycles. The number of hydrogen-bond acceptors (Lipinski definition) is 3. The molecule has 3 aromatic rings. The van der Waals surface area contributed by atoms with Crippen molar-refractivity contribution in [2.75, 3.05) is 20.2 Å². The highest BCUT2D eigenvalue weighted by Crippen LogP contribution is 2.36. The third kappa shape index (κ3) is 4.92. The van der Waals surface area contributed by atoms with Crippen LogP contribution >= 0.6 is 0 Å². The van der Waals surface area contributed by atoms with Gasteiger partial charge < -0.3 is 15.4 Å². The van der Waals surface area contributed by atoms with E-state index in [4.69, 9.17) is 10.5 Å². The highest BCUT2D eigenvalue weighted by atomic mass is 16.5. The average Bonchev–Trinajstić information content (AvgIpc) is 2.84. The minimum Gasteiger partial charge on any atom is -0.497 e. The minimum absolute atomic E-state index is 0.0468. The lowest BCUT2D eigenvalue weighted by molar-refractivity contribution is -0.130.